The first-order valence-electron chi connectivity index (χ1n) is 5.90. The van der Waals surface area contributed by atoms with E-state index in [9.17, 15) is 8.42 Å². The lowest BCUT2D eigenvalue weighted by Gasteiger charge is -2.29. The molecular weight excluding hydrogens is 366 g/mol. The number of rotatable bonds is 2. The van der Waals surface area contributed by atoms with E-state index in [1.807, 2.05) is 6.07 Å². The molecule has 1 aliphatic heterocycles. The second-order valence-electron chi connectivity index (χ2n) is 4.55. The zero-order valence-corrected chi connectivity index (χ0v) is 13.8. The Morgan fingerprint density at radius 2 is 2.10 bits per heavy atom. The van der Waals surface area contributed by atoms with Gasteiger partial charge in [0.05, 0.1) is 16.5 Å². The fraction of sp³-hybridized carbons (Fsp3) is 0.417. The summed E-state index contributed by atoms with van der Waals surface area (Å²) < 4.78 is 27.0. The Hall–Kier alpha value is -0.650. The lowest BCUT2D eigenvalue weighted by Crippen LogP contribution is -2.45. The molecule has 0 aromatic heterocycles. The molecule has 8 heteroatoms. The van der Waals surface area contributed by atoms with Crippen molar-refractivity contribution in [3.63, 3.8) is 0 Å². The van der Waals surface area contributed by atoms with E-state index < -0.39 is 10.0 Å². The smallest absolute Gasteiger partial charge is 0.243 e. The summed E-state index contributed by atoms with van der Waals surface area (Å²) in [6.07, 6.45) is 1.60. The van der Waals surface area contributed by atoms with E-state index >= 15 is 0 Å². The highest BCUT2D eigenvalue weighted by Crippen LogP contribution is 2.24. The molecule has 0 amide bonds. The molecule has 0 spiro atoms. The largest absolute Gasteiger partial charge is 0.327 e. The molecule has 1 aromatic carbocycles. The topological polar surface area (TPSA) is 87.2 Å². The second kappa shape index (κ2) is 6.87. The molecule has 1 heterocycles. The number of hydrogen-bond acceptors (Lipinski definition) is 4. The molecule has 1 saturated heterocycles. The van der Waals surface area contributed by atoms with Crippen LogP contribution in [0.25, 0.3) is 0 Å². The minimum atomic E-state index is -3.58. The Kier molecular flexibility index (Phi) is 5.98. The van der Waals surface area contributed by atoms with Crippen LogP contribution in [0.3, 0.4) is 0 Å². The van der Waals surface area contributed by atoms with Crippen LogP contribution >= 0.6 is 28.3 Å². The Morgan fingerprint density at radius 3 is 2.70 bits per heavy atom. The summed E-state index contributed by atoms with van der Waals surface area (Å²) in [5, 5.41) is 8.91. The molecule has 2 N–H and O–H groups in total. The van der Waals surface area contributed by atoms with Crippen LogP contribution in [-0.4, -0.2) is 31.9 Å². The highest BCUT2D eigenvalue weighted by molar-refractivity contribution is 9.10. The van der Waals surface area contributed by atoms with Crippen molar-refractivity contribution in [1.29, 1.82) is 5.26 Å². The van der Waals surface area contributed by atoms with Gasteiger partial charge in [-0.2, -0.15) is 9.57 Å². The number of nitrogens with zero attached hydrogens (tertiary/aromatic N) is 2. The Labute approximate surface area is 133 Å². The minimum Gasteiger partial charge on any atom is -0.327 e. The third-order valence-electron chi connectivity index (χ3n) is 3.06. The third-order valence-corrected chi connectivity index (χ3v) is 5.36. The Morgan fingerprint density at radius 1 is 1.40 bits per heavy atom. The van der Waals surface area contributed by atoms with E-state index in [4.69, 9.17) is 11.0 Å². The van der Waals surface area contributed by atoms with E-state index in [-0.39, 0.29) is 23.3 Å². The van der Waals surface area contributed by atoms with Crippen LogP contribution in [-0.2, 0) is 10.0 Å². The van der Waals surface area contributed by atoms with Crippen molar-refractivity contribution in [3.05, 3.63) is 28.2 Å². The van der Waals surface area contributed by atoms with Crippen molar-refractivity contribution in [1.82, 2.24) is 4.31 Å². The molecule has 1 fully saturated rings. The SMILES string of the molecule is Cl.N#Cc1cc(Br)cc(S(=O)(=O)N2CCCC(N)C2)c1. The van der Waals surface area contributed by atoms with Gasteiger partial charge in [0.15, 0.2) is 0 Å². The van der Waals surface area contributed by atoms with Crippen LogP contribution in [0.5, 0.6) is 0 Å². The van der Waals surface area contributed by atoms with E-state index in [1.54, 1.807) is 6.07 Å². The number of sulfonamides is 1. The Bertz CT molecular complexity index is 630. The van der Waals surface area contributed by atoms with Gasteiger partial charge in [-0.15, -0.1) is 12.4 Å². The first kappa shape index (κ1) is 17.4. The summed E-state index contributed by atoms with van der Waals surface area (Å²) in [6, 6.07) is 6.32. The molecule has 2 rings (SSSR count). The number of benzene rings is 1. The molecule has 0 saturated carbocycles. The summed E-state index contributed by atoms with van der Waals surface area (Å²) in [5.74, 6) is 0. The van der Waals surface area contributed by atoms with Gasteiger partial charge >= 0.3 is 0 Å². The van der Waals surface area contributed by atoms with Crippen molar-refractivity contribution in [2.45, 2.75) is 23.8 Å². The van der Waals surface area contributed by atoms with Crippen molar-refractivity contribution in [2.24, 2.45) is 5.73 Å². The summed E-state index contributed by atoms with van der Waals surface area (Å²) in [6.45, 7) is 0.807. The van der Waals surface area contributed by atoms with Crippen molar-refractivity contribution >= 4 is 38.4 Å². The molecule has 20 heavy (non-hydrogen) atoms. The predicted molar refractivity (Wildman–Crippen MR) is 82.1 cm³/mol. The van der Waals surface area contributed by atoms with Gasteiger partial charge < -0.3 is 5.73 Å². The lowest BCUT2D eigenvalue weighted by atomic mass is 10.1. The minimum absolute atomic E-state index is 0. The Balaban J connectivity index is 0.00000200. The molecule has 0 bridgehead atoms. The fourth-order valence-corrected chi connectivity index (χ4v) is 4.37. The first-order valence-corrected chi connectivity index (χ1v) is 8.13. The first-order chi connectivity index (χ1) is 8.93. The van der Waals surface area contributed by atoms with Gasteiger partial charge in [-0.3, -0.25) is 0 Å². The molecule has 1 aliphatic rings. The molecule has 5 nitrogen and oxygen atoms in total. The van der Waals surface area contributed by atoms with Crippen LogP contribution < -0.4 is 5.73 Å². The fourth-order valence-electron chi connectivity index (χ4n) is 2.12. The average Bonchev–Trinajstić information content (AvgIpc) is 2.38. The molecule has 0 radical (unpaired) electrons. The van der Waals surface area contributed by atoms with Crippen LogP contribution in [0.15, 0.2) is 27.6 Å². The maximum atomic E-state index is 12.5. The normalized spacial score (nSPS) is 19.9. The van der Waals surface area contributed by atoms with Crippen molar-refractivity contribution < 1.29 is 8.42 Å². The third kappa shape index (κ3) is 3.71. The number of piperidine rings is 1. The van der Waals surface area contributed by atoms with Crippen LogP contribution in [0.4, 0.5) is 0 Å². The summed E-state index contributed by atoms with van der Waals surface area (Å²) in [5.41, 5.74) is 6.13. The van der Waals surface area contributed by atoms with Gasteiger partial charge in [0.1, 0.15) is 0 Å². The van der Waals surface area contributed by atoms with E-state index in [1.165, 1.54) is 16.4 Å². The zero-order chi connectivity index (χ0) is 14.0. The highest BCUT2D eigenvalue weighted by Gasteiger charge is 2.29. The molecule has 110 valence electrons. The number of halogens is 2. The summed E-state index contributed by atoms with van der Waals surface area (Å²) in [4.78, 5) is 0.132. The predicted octanol–water partition coefficient (Wildman–Crippen LogP) is 1.85. The monoisotopic (exact) mass is 379 g/mol. The number of hydrogen-bond donors (Lipinski definition) is 1. The van der Waals surface area contributed by atoms with E-state index in [2.05, 4.69) is 15.9 Å². The van der Waals surface area contributed by atoms with Crippen LogP contribution in [0, 0.1) is 11.3 Å². The van der Waals surface area contributed by atoms with Crippen molar-refractivity contribution in [2.75, 3.05) is 13.1 Å². The highest BCUT2D eigenvalue weighted by atomic mass is 79.9. The number of nitrogens with two attached hydrogens (primary N) is 1. The quantitative estimate of drug-likeness (QED) is 0.848. The number of nitriles is 1. The average molecular weight is 381 g/mol. The molecule has 0 aliphatic carbocycles. The molecule has 1 unspecified atom stereocenters. The van der Waals surface area contributed by atoms with Gasteiger partial charge in [-0.05, 0) is 31.0 Å². The maximum absolute atomic E-state index is 12.5. The second-order valence-corrected chi connectivity index (χ2v) is 7.41. The molecular formula is C12H15BrClN3O2S. The molecule has 1 atom stereocenters. The van der Waals surface area contributed by atoms with Crippen molar-refractivity contribution in [3.8, 4) is 6.07 Å². The molecule has 1 aromatic rings. The standard InChI is InChI=1S/C12H14BrN3O2S.ClH/c13-10-4-9(7-14)5-12(6-10)19(17,18)16-3-1-2-11(15)8-16;/h4-6,11H,1-3,8,15H2;1H. The van der Waals surface area contributed by atoms with E-state index in [0.717, 1.165) is 12.8 Å². The van der Waals surface area contributed by atoms with E-state index in [0.29, 0.717) is 23.1 Å². The van der Waals surface area contributed by atoms with Gasteiger partial charge in [0, 0.05) is 23.6 Å². The van der Waals surface area contributed by atoms with Crippen LogP contribution in [0.1, 0.15) is 18.4 Å². The van der Waals surface area contributed by atoms with Gasteiger partial charge in [-0.1, -0.05) is 15.9 Å². The van der Waals surface area contributed by atoms with Gasteiger partial charge in [0.25, 0.3) is 0 Å². The summed E-state index contributed by atoms with van der Waals surface area (Å²) >= 11 is 3.22. The van der Waals surface area contributed by atoms with Crippen LogP contribution in [0.2, 0.25) is 0 Å². The van der Waals surface area contributed by atoms with Gasteiger partial charge in [0.2, 0.25) is 10.0 Å². The van der Waals surface area contributed by atoms with Gasteiger partial charge in [-0.25, -0.2) is 8.42 Å². The lowest BCUT2D eigenvalue weighted by molar-refractivity contribution is 0.316. The summed E-state index contributed by atoms with van der Waals surface area (Å²) in [7, 11) is -3.58. The maximum Gasteiger partial charge on any atom is 0.243 e. The zero-order valence-electron chi connectivity index (χ0n) is 10.6.